The lowest BCUT2D eigenvalue weighted by Gasteiger charge is -2.18. The normalized spacial score (nSPS) is 12.4. The predicted molar refractivity (Wildman–Crippen MR) is 70.3 cm³/mol. The van der Waals surface area contributed by atoms with E-state index in [1.165, 1.54) is 11.0 Å². The van der Waals surface area contributed by atoms with Crippen LogP contribution in [-0.4, -0.2) is 32.2 Å². The third-order valence-corrected chi connectivity index (χ3v) is 2.69. The van der Waals surface area contributed by atoms with Crippen LogP contribution < -0.4 is 5.32 Å². The first-order valence-electron chi connectivity index (χ1n) is 6.23. The quantitative estimate of drug-likeness (QED) is 0.868. The van der Waals surface area contributed by atoms with Gasteiger partial charge < -0.3 is 5.32 Å². The van der Waals surface area contributed by atoms with Gasteiger partial charge in [0.2, 0.25) is 5.91 Å². The van der Waals surface area contributed by atoms with Crippen LogP contribution >= 0.6 is 0 Å². The molecule has 0 unspecified atom stereocenters. The van der Waals surface area contributed by atoms with Crippen LogP contribution in [0.15, 0.2) is 36.7 Å². The lowest BCUT2D eigenvalue weighted by molar-refractivity contribution is -0.125. The van der Waals surface area contributed by atoms with Gasteiger partial charge in [-0.3, -0.25) is 4.79 Å². The Morgan fingerprint density at radius 3 is 2.63 bits per heavy atom. The highest BCUT2D eigenvalue weighted by atomic mass is 16.2. The van der Waals surface area contributed by atoms with Crippen LogP contribution in [0.3, 0.4) is 0 Å². The van der Waals surface area contributed by atoms with E-state index in [-0.39, 0.29) is 11.9 Å². The Morgan fingerprint density at radius 1 is 1.32 bits per heavy atom. The fourth-order valence-corrected chi connectivity index (χ4v) is 1.84. The van der Waals surface area contributed by atoms with Crippen LogP contribution in [-0.2, 0) is 11.2 Å². The fraction of sp³-hybridized carbons (Fsp3) is 0.385. The van der Waals surface area contributed by atoms with E-state index in [1.54, 1.807) is 0 Å². The summed E-state index contributed by atoms with van der Waals surface area (Å²) in [6, 6.07) is 9.48. The summed E-state index contributed by atoms with van der Waals surface area (Å²) < 4.78 is 1.49. The standard InChI is InChI=1S/C13H17N5O/c1-10(2)15-13(19)12(18-9-14-16-17-18)8-11-6-4-3-5-7-11/h3-7,9-10,12H,8H2,1-2H3,(H,15,19)/t12-/m1/s1. The Balaban J connectivity index is 2.18. The van der Waals surface area contributed by atoms with E-state index < -0.39 is 6.04 Å². The molecule has 6 nitrogen and oxygen atoms in total. The molecule has 2 rings (SSSR count). The second-order valence-corrected chi connectivity index (χ2v) is 4.66. The summed E-state index contributed by atoms with van der Waals surface area (Å²) in [6.07, 6.45) is 2.03. The molecule has 6 heteroatoms. The van der Waals surface area contributed by atoms with E-state index in [0.717, 1.165) is 5.56 Å². The number of benzene rings is 1. The molecule has 100 valence electrons. The monoisotopic (exact) mass is 259 g/mol. The summed E-state index contributed by atoms with van der Waals surface area (Å²) in [5.41, 5.74) is 1.07. The molecule has 19 heavy (non-hydrogen) atoms. The van der Waals surface area contributed by atoms with Gasteiger partial charge in [-0.15, -0.1) is 5.10 Å². The third kappa shape index (κ3) is 3.61. The Labute approximate surface area is 111 Å². The highest BCUT2D eigenvalue weighted by molar-refractivity contribution is 5.80. The van der Waals surface area contributed by atoms with Gasteiger partial charge in [0.15, 0.2) is 0 Å². The van der Waals surface area contributed by atoms with Gasteiger partial charge >= 0.3 is 0 Å². The second kappa shape index (κ2) is 6.08. The molecule has 1 aromatic carbocycles. The molecule has 0 saturated carbocycles. The van der Waals surface area contributed by atoms with Crippen molar-refractivity contribution in [1.82, 2.24) is 25.5 Å². The molecule has 0 aliphatic carbocycles. The topological polar surface area (TPSA) is 72.7 Å². The summed E-state index contributed by atoms with van der Waals surface area (Å²) >= 11 is 0. The van der Waals surface area contributed by atoms with E-state index in [0.29, 0.717) is 6.42 Å². The number of rotatable bonds is 5. The zero-order valence-corrected chi connectivity index (χ0v) is 11.0. The van der Waals surface area contributed by atoms with Gasteiger partial charge in [-0.1, -0.05) is 30.3 Å². The molecule has 0 spiro atoms. The molecule has 0 aliphatic heterocycles. The van der Waals surface area contributed by atoms with E-state index in [9.17, 15) is 4.79 Å². The molecule has 0 fully saturated rings. The molecule has 0 aliphatic rings. The summed E-state index contributed by atoms with van der Waals surface area (Å²) in [7, 11) is 0. The number of hydrogen-bond donors (Lipinski definition) is 1. The first kappa shape index (κ1) is 13.2. The van der Waals surface area contributed by atoms with Gasteiger partial charge in [0.1, 0.15) is 12.4 Å². The van der Waals surface area contributed by atoms with E-state index in [4.69, 9.17) is 0 Å². The number of nitrogens with zero attached hydrogens (tertiary/aromatic N) is 4. The first-order chi connectivity index (χ1) is 9.16. The third-order valence-electron chi connectivity index (χ3n) is 2.69. The summed E-state index contributed by atoms with van der Waals surface area (Å²) in [5, 5.41) is 13.9. The molecular formula is C13H17N5O. The van der Waals surface area contributed by atoms with Crippen LogP contribution in [0, 0.1) is 0 Å². The van der Waals surface area contributed by atoms with Crippen molar-refractivity contribution >= 4 is 5.91 Å². The first-order valence-corrected chi connectivity index (χ1v) is 6.23. The van der Waals surface area contributed by atoms with Gasteiger partial charge in [-0.25, -0.2) is 4.68 Å². The van der Waals surface area contributed by atoms with Crippen LogP contribution in [0.1, 0.15) is 25.5 Å². The summed E-state index contributed by atoms with van der Waals surface area (Å²) in [5.74, 6) is -0.0776. The van der Waals surface area contributed by atoms with Gasteiger partial charge in [-0.05, 0) is 29.8 Å². The van der Waals surface area contributed by atoms with Crippen molar-refractivity contribution in [3.05, 3.63) is 42.2 Å². The Hall–Kier alpha value is -2.24. The number of amides is 1. The fourth-order valence-electron chi connectivity index (χ4n) is 1.84. The van der Waals surface area contributed by atoms with Crippen molar-refractivity contribution in [3.8, 4) is 0 Å². The SMILES string of the molecule is CC(C)NC(=O)[C@@H](Cc1ccccc1)n1cnnn1. The maximum absolute atomic E-state index is 12.2. The van der Waals surface area contributed by atoms with Gasteiger partial charge in [0, 0.05) is 12.5 Å². The van der Waals surface area contributed by atoms with E-state index >= 15 is 0 Å². The number of aromatic nitrogens is 4. The van der Waals surface area contributed by atoms with Crippen LogP contribution in [0.2, 0.25) is 0 Å². The molecule has 0 saturated heterocycles. The average Bonchev–Trinajstić information content (AvgIpc) is 2.90. The zero-order chi connectivity index (χ0) is 13.7. The van der Waals surface area contributed by atoms with Crippen molar-refractivity contribution in [2.45, 2.75) is 32.4 Å². The minimum absolute atomic E-state index is 0.0776. The van der Waals surface area contributed by atoms with Crippen molar-refractivity contribution in [2.24, 2.45) is 0 Å². The lowest BCUT2D eigenvalue weighted by Crippen LogP contribution is -2.38. The molecule has 1 heterocycles. The number of tetrazole rings is 1. The molecule has 1 aromatic heterocycles. The number of hydrogen-bond acceptors (Lipinski definition) is 4. The second-order valence-electron chi connectivity index (χ2n) is 4.66. The predicted octanol–water partition coefficient (Wildman–Crippen LogP) is 0.981. The van der Waals surface area contributed by atoms with Crippen molar-refractivity contribution in [3.63, 3.8) is 0 Å². The number of carbonyl (C=O) groups is 1. The molecule has 1 N–H and O–H groups in total. The summed E-state index contributed by atoms with van der Waals surface area (Å²) in [6.45, 7) is 3.86. The molecule has 1 atom stereocenters. The van der Waals surface area contributed by atoms with Gasteiger partial charge in [0.25, 0.3) is 0 Å². The average molecular weight is 259 g/mol. The van der Waals surface area contributed by atoms with Crippen molar-refractivity contribution < 1.29 is 4.79 Å². The van der Waals surface area contributed by atoms with Crippen molar-refractivity contribution in [1.29, 1.82) is 0 Å². The minimum Gasteiger partial charge on any atom is -0.352 e. The lowest BCUT2D eigenvalue weighted by atomic mass is 10.1. The zero-order valence-electron chi connectivity index (χ0n) is 11.0. The van der Waals surface area contributed by atoms with Crippen LogP contribution in [0.4, 0.5) is 0 Å². The largest absolute Gasteiger partial charge is 0.352 e. The smallest absolute Gasteiger partial charge is 0.245 e. The highest BCUT2D eigenvalue weighted by Crippen LogP contribution is 2.13. The molecule has 0 radical (unpaired) electrons. The van der Waals surface area contributed by atoms with Gasteiger partial charge in [0.05, 0.1) is 0 Å². The molecule has 1 amide bonds. The number of carbonyl (C=O) groups excluding carboxylic acids is 1. The van der Waals surface area contributed by atoms with Gasteiger partial charge in [-0.2, -0.15) is 0 Å². The Bertz CT molecular complexity index is 509. The van der Waals surface area contributed by atoms with Crippen LogP contribution in [0.5, 0.6) is 0 Å². The highest BCUT2D eigenvalue weighted by Gasteiger charge is 2.22. The van der Waals surface area contributed by atoms with E-state index in [2.05, 4.69) is 20.8 Å². The molecular weight excluding hydrogens is 242 g/mol. The molecule has 0 bridgehead atoms. The Morgan fingerprint density at radius 2 is 2.05 bits per heavy atom. The molecule has 2 aromatic rings. The minimum atomic E-state index is -0.431. The van der Waals surface area contributed by atoms with Crippen molar-refractivity contribution in [2.75, 3.05) is 0 Å². The Kier molecular flexibility index (Phi) is 4.22. The maximum Gasteiger partial charge on any atom is 0.245 e. The van der Waals surface area contributed by atoms with Crippen LogP contribution in [0.25, 0.3) is 0 Å². The maximum atomic E-state index is 12.2. The van der Waals surface area contributed by atoms with E-state index in [1.807, 2.05) is 44.2 Å². The summed E-state index contributed by atoms with van der Waals surface area (Å²) in [4.78, 5) is 12.2. The number of nitrogens with one attached hydrogen (secondary N) is 1.